The first-order chi connectivity index (χ1) is 15.0. The fraction of sp³-hybridized carbons (Fsp3) is 0.619. The van der Waals surface area contributed by atoms with E-state index in [4.69, 9.17) is 14.2 Å². The van der Waals surface area contributed by atoms with Gasteiger partial charge in [-0.05, 0) is 20.8 Å². The van der Waals surface area contributed by atoms with E-state index in [1.807, 2.05) is 0 Å². The SMILES string of the molecule is C=CCOCCC(NC(=O)CNC(=O)C(COCC=C)NC(=O)OC(C)(C)C)C(=O)OC. The molecule has 0 aliphatic heterocycles. The number of hydrogen-bond donors (Lipinski definition) is 3. The average Bonchev–Trinajstić information content (AvgIpc) is 2.71. The summed E-state index contributed by atoms with van der Waals surface area (Å²) in [5.74, 6) is -1.94. The molecule has 0 radical (unpaired) electrons. The second-order valence-corrected chi connectivity index (χ2v) is 7.54. The summed E-state index contributed by atoms with van der Waals surface area (Å²) in [5.41, 5.74) is -0.759. The largest absolute Gasteiger partial charge is 0.467 e. The topological polar surface area (TPSA) is 141 Å². The van der Waals surface area contributed by atoms with E-state index >= 15 is 0 Å². The third-order valence-electron chi connectivity index (χ3n) is 3.56. The van der Waals surface area contributed by atoms with Crippen LogP contribution in [-0.2, 0) is 33.3 Å². The van der Waals surface area contributed by atoms with Crippen LogP contribution >= 0.6 is 0 Å². The van der Waals surface area contributed by atoms with Crippen LogP contribution in [0.3, 0.4) is 0 Å². The van der Waals surface area contributed by atoms with Crippen molar-refractivity contribution in [1.29, 1.82) is 0 Å². The molecule has 182 valence electrons. The van der Waals surface area contributed by atoms with Gasteiger partial charge in [0.15, 0.2) is 0 Å². The van der Waals surface area contributed by atoms with Crippen molar-refractivity contribution in [3.05, 3.63) is 25.3 Å². The second kappa shape index (κ2) is 15.8. The van der Waals surface area contributed by atoms with Crippen LogP contribution in [0, 0.1) is 0 Å². The van der Waals surface area contributed by atoms with Crippen LogP contribution < -0.4 is 16.0 Å². The van der Waals surface area contributed by atoms with Crippen molar-refractivity contribution in [3.8, 4) is 0 Å². The molecule has 0 saturated heterocycles. The van der Waals surface area contributed by atoms with Crippen molar-refractivity contribution in [2.45, 2.75) is 44.9 Å². The summed E-state index contributed by atoms with van der Waals surface area (Å²) in [4.78, 5) is 48.5. The molecule has 0 rings (SSSR count). The van der Waals surface area contributed by atoms with Gasteiger partial charge in [-0.1, -0.05) is 12.2 Å². The van der Waals surface area contributed by atoms with E-state index in [1.54, 1.807) is 26.8 Å². The summed E-state index contributed by atoms with van der Waals surface area (Å²) in [6, 6.07) is -2.05. The van der Waals surface area contributed by atoms with Gasteiger partial charge in [-0.3, -0.25) is 9.59 Å². The molecule has 0 aromatic carbocycles. The Morgan fingerprint density at radius 3 is 2.16 bits per heavy atom. The van der Waals surface area contributed by atoms with E-state index in [-0.39, 0.29) is 26.2 Å². The maximum atomic E-state index is 12.5. The van der Waals surface area contributed by atoms with Gasteiger partial charge in [0, 0.05) is 13.0 Å². The summed E-state index contributed by atoms with van der Waals surface area (Å²) in [5, 5.41) is 7.27. The normalized spacial score (nSPS) is 12.6. The van der Waals surface area contributed by atoms with Crippen LogP contribution in [-0.4, -0.2) is 81.6 Å². The first kappa shape index (κ1) is 29.1. The molecule has 2 atom stereocenters. The van der Waals surface area contributed by atoms with Gasteiger partial charge in [-0.25, -0.2) is 9.59 Å². The molecule has 0 saturated carbocycles. The lowest BCUT2D eigenvalue weighted by Crippen LogP contribution is -2.53. The smallest absolute Gasteiger partial charge is 0.408 e. The zero-order chi connectivity index (χ0) is 24.6. The summed E-state index contributed by atoms with van der Waals surface area (Å²) in [6.45, 7) is 12.1. The number of carbonyl (C=O) groups is 4. The van der Waals surface area contributed by atoms with Crippen molar-refractivity contribution >= 4 is 23.9 Å². The zero-order valence-corrected chi connectivity index (χ0v) is 19.2. The first-order valence-corrected chi connectivity index (χ1v) is 10.1. The van der Waals surface area contributed by atoms with E-state index in [0.717, 1.165) is 0 Å². The van der Waals surface area contributed by atoms with Crippen LogP contribution in [0.5, 0.6) is 0 Å². The molecule has 0 bridgehead atoms. The van der Waals surface area contributed by atoms with E-state index in [1.165, 1.54) is 13.2 Å². The van der Waals surface area contributed by atoms with Gasteiger partial charge in [0.05, 0.1) is 33.5 Å². The summed E-state index contributed by atoms with van der Waals surface area (Å²) >= 11 is 0. The van der Waals surface area contributed by atoms with Gasteiger partial charge >= 0.3 is 12.1 Å². The number of methoxy groups -OCH3 is 1. The molecule has 11 heteroatoms. The molecule has 0 aromatic rings. The molecule has 11 nitrogen and oxygen atoms in total. The molecule has 2 unspecified atom stereocenters. The van der Waals surface area contributed by atoms with Gasteiger partial charge in [0.1, 0.15) is 17.7 Å². The van der Waals surface area contributed by atoms with Crippen LogP contribution in [0.2, 0.25) is 0 Å². The Hall–Kier alpha value is -2.92. The van der Waals surface area contributed by atoms with Crippen molar-refractivity contribution in [3.63, 3.8) is 0 Å². The van der Waals surface area contributed by atoms with Crippen molar-refractivity contribution in [1.82, 2.24) is 16.0 Å². The Morgan fingerprint density at radius 1 is 0.969 bits per heavy atom. The third kappa shape index (κ3) is 14.1. The van der Waals surface area contributed by atoms with E-state index < -0.39 is 48.1 Å². The van der Waals surface area contributed by atoms with E-state index in [2.05, 4.69) is 33.8 Å². The minimum atomic E-state index is -1.11. The molecular weight excluding hydrogens is 422 g/mol. The molecule has 0 heterocycles. The molecule has 0 aliphatic carbocycles. The fourth-order valence-corrected chi connectivity index (χ4v) is 2.20. The third-order valence-corrected chi connectivity index (χ3v) is 3.56. The van der Waals surface area contributed by atoms with Crippen LogP contribution in [0.15, 0.2) is 25.3 Å². The van der Waals surface area contributed by atoms with E-state index in [0.29, 0.717) is 6.61 Å². The number of carbonyl (C=O) groups excluding carboxylic acids is 4. The molecule has 0 aromatic heterocycles. The number of amides is 3. The Labute approximate surface area is 188 Å². The lowest BCUT2D eigenvalue weighted by molar-refractivity contribution is -0.145. The summed E-state index contributed by atoms with van der Waals surface area (Å²) in [7, 11) is 1.20. The Balaban J connectivity index is 4.83. The number of hydrogen-bond acceptors (Lipinski definition) is 8. The Bertz CT molecular complexity index is 645. The number of alkyl carbamates (subject to hydrolysis) is 1. The number of rotatable bonds is 15. The number of nitrogens with one attached hydrogen (secondary N) is 3. The molecule has 3 N–H and O–H groups in total. The van der Waals surface area contributed by atoms with Crippen molar-refractivity contribution in [2.75, 3.05) is 40.1 Å². The highest BCUT2D eigenvalue weighted by molar-refractivity contribution is 5.91. The first-order valence-electron chi connectivity index (χ1n) is 10.1. The highest BCUT2D eigenvalue weighted by atomic mass is 16.6. The van der Waals surface area contributed by atoms with Gasteiger partial charge in [0.25, 0.3) is 0 Å². The van der Waals surface area contributed by atoms with Crippen LogP contribution in [0.25, 0.3) is 0 Å². The standard InChI is InChI=1S/C21H35N3O8/c1-7-10-30-12-9-15(19(27)29-6)23-17(25)13-22-18(26)16(14-31-11-8-2)24-20(28)32-21(3,4)5/h7-8,15-16H,1-2,9-14H2,3-6H3,(H,22,26)(H,23,25)(H,24,28). The van der Waals surface area contributed by atoms with Gasteiger partial charge < -0.3 is 34.9 Å². The second-order valence-electron chi connectivity index (χ2n) is 7.54. The van der Waals surface area contributed by atoms with Gasteiger partial charge in [-0.15, -0.1) is 13.2 Å². The minimum Gasteiger partial charge on any atom is -0.467 e. The molecule has 32 heavy (non-hydrogen) atoms. The monoisotopic (exact) mass is 457 g/mol. The van der Waals surface area contributed by atoms with Crippen molar-refractivity contribution in [2.24, 2.45) is 0 Å². The lowest BCUT2D eigenvalue weighted by Gasteiger charge is -2.23. The maximum absolute atomic E-state index is 12.5. The predicted octanol–water partition coefficient (Wildman–Crippen LogP) is 0.449. The van der Waals surface area contributed by atoms with Crippen LogP contribution in [0.4, 0.5) is 4.79 Å². The van der Waals surface area contributed by atoms with Crippen molar-refractivity contribution < 1.29 is 38.1 Å². The minimum absolute atomic E-state index is 0.162. The number of ether oxygens (including phenoxy) is 4. The van der Waals surface area contributed by atoms with Gasteiger partial charge in [-0.2, -0.15) is 0 Å². The highest BCUT2D eigenvalue weighted by Gasteiger charge is 2.26. The highest BCUT2D eigenvalue weighted by Crippen LogP contribution is 2.07. The summed E-state index contributed by atoms with van der Waals surface area (Å²) in [6.07, 6.45) is 2.41. The average molecular weight is 458 g/mol. The lowest BCUT2D eigenvalue weighted by atomic mass is 10.2. The fourth-order valence-electron chi connectivity index (χ4n) is 2.20. The van der Waals surface area contributed by atoms with Crippen LogP contribution in [0.1, 0.15) is 27.2 Å². The predicted molar refractivity (Wildman–Crippen MR) is 117 cm³/mol. The zero-order valence-electron chi connectivity index (χ0n) is 19.2. The Morgan fingerprint density at radius 2 is 1.59 bits per heavy atom. The quantitative estimate of drug-likeness (QED) is 0.183. The maximum Gasteiger partial charge on any atom is 0.408 e. The van der Waals surface area contributed by atoms with E-state index in [9.17, 15) is 19.2 Å². The molecule has 0 aliphatic rings. The number of esters is 1. The molecular formula is C21H35N3O8. The molecule has 0 fully saturated rings. The Kier molecular flexibility index (Phi) is 14.4. The van der Waals surface area contributed by atoms with Gasteiger partial charge in [0.2, 0.25) is 11.8 Å². The molecule has 3 amide bonds. The molecule has 0 spiro atoms. The summed E-state index contributed by atoms with van der Waals surface area (Å²) < 4.78 is 20.3.